The highest BCUT2D eigenvalue weighted by Crippen LogP contribution is 2.32. The molecule has 0 unspecified atom stereocenters. The molecular weight excluding hydrogens is 422 g/mol. The van der Waals surface area contributed by atoms with Crippen molar-refractivity contribution in [2.45, 2.75) is 50.6 Å². The molecule has 32 heavy (non-hydrogen) atoms. The van der Waals surface area contributed by atoms with Gasteiger partial charge in [0.1, 0.15) is 6.04 Å². The Balaban J connectivity index is 1.61. The number of nitrogens with one attached hydrogen (secondary N) is 1. The molecule has 2 amide bonds. The van der Waals surface area contributed by atoms with Gasteiger partial charge < -0.3 is 10.2 Å². The SMILES string of the molecule is O=C(NCCc1ccccc1)[C@H](c1cccnc1)N(C(=O)c1csnn1)C1CCCCC1. The van der Waals surface area contributed by atoms with Gasteiger partial charge in [-0.3, -0.25) is 14.6 Å². The van der Waals surface area contributed by atoms with Crippen LogP contribution in [0.1, 0.15) is 59.8 Å². The summed E-state index contributed by atoms with van der Waals surface area (Å²) in [5.41, 5.74) is 2.14. The van der Waals surface area contributed by atoms with E-state index in [0.717, 1.165) is 55.6 Å². The Labute approximate surface area is 192 Å². The second-order valence-corrected chi connectivity index (χ2v) is 8.62. The number of hydrogen-bond acceptors (Lipinski definition) is 6. The molecule has 8 heteroatoms. The van der Waals surface area contributed by atoms with Crippen LogP contribution >= 0.6 is 11.5 Å². The van der Waals surface area contributed by atoms with E-state index in [1.807, 2.05) is 36.4 Å². The van der Waals surface area contributed by atoms with Crippen molar-refractivity contribution in [1.29, 1.82) is 0 Å². The van der Waals surface area contributed by atoms with Crippen molar-refractivity contribution in [2.24, 2.45) is 0 Å². The molecule has 166 valence electrons. The summed E-state index contributed by atoms with van der Waals surface area (Å²) >= 11 is 1.14. The second kappa shape index (κ2) is 10.9. The van der Waals surface area contributed by atoms with Crippen molar-refractivity contribution in [3.63, 3.8) is 0 Å². The molecule has 1 saturated carbocycles. The van der Waals surface area contributed by atoms with Gasteiger partial charge in [0.25, 0.3) is 5.91 Å². The van der Waals surface area contributed by atoms with Gasteiger partial charge in [-0.15, -0.1) is 5.10 Å². The topological polar surface area (TPSA) is 88.1 Å². The number of pyridine rings is 1. The molecule has 1 atom stereocenters. The fourth-order valence-electron chi connectivity index (χ4n) is 4.29. The summed E-state index contributed by atoms with van der Waals surface area (Å²) in [4.78, 5) is 33.0. The van der Waals surface area contributed by atoms with E-state index >= 15 is 0 Å². The molecule has 1 aliphatic rings. The second-order valence-electron chi connectivity index (χ2n) is 8.01. The Kier molecular flexibility index (Phi) is 7.55. The fraction of sp³-hybridized carbons (Fsp3) is 0.375. The summed E-state index contributed by atoms with van der Waals surface area (Å²) < 4.78 is 3.86. The number of carbonyl (C=O) groups excluding carboxylic acids is 2. The summed E-state index contributed by atoms with van der Waals surface area (Å²) in [5.74, 6) is -0.450. The first kappa shape index (κ1) is 22.1. The quantitative estimate of drug-likeness (QED) is 0.565. The van der Waals surface area contributed by atoms with Crippen LogP contribution in [0.25, 0.3) is 0 Å². The van der Waals surface area contributed by atoms with Crippen molar-refractivity contribution >= 4 is 23.3 Å². The number of rotatable bonds is 8. The summed E-state index contributed by atoms with van der Waals surface area (Å²) in [6.45, 7) is 0.491. The van der Waals surface area contributed by atoms with Gasteiger partial charge in [-0.25, -0.2) is 0 Å². The first-order valence-electron chi connectivity index (χ1n) is 11.1. The molecule has 7 nitrogen and oxygen atoms in total. The smallest absolute Gasteiger partial charge is 0.276 e. The van der Waals surface area contributed by atoms with Gasteiger partial charge in [0, 0.05) is 35.9 Å². The molecule has 0 saturated heterocycles. The van der Waals surface area contributed by atoms with E-state index in [1.165, 1.54) is 0 Å². The number of nitrogens with zero attached hydrogens (tertiary/aromatic N) is 4. The lowest BCUT2D eigenvalue weighted by molar-refractivity contribution is -0.126. The highest BCUT2D eigenvalue weighted by atomic mass is 32.1. The van der Waals surface area contributed by atoms with Crippen molar-refractivity contribution in [3.8, 4) is 0 Å². The molecule has 0 bridgehead atoms. The average molecular weight is 450 g/mol. The van der Waals surface area contributed by atoms with Crippen molar-refractivity contribution in [2.75, 3.05) is 6.54 Å². The zero-order chi connectivity index (χ0) is 22.2. The first-order valence-corrected chi connectivity index (χ1v) is 11.9. The molecule has 1 aliphatic carbocycles. The normalized spacial score (nSPS) is 15.1. The molecule has 1 fully saturated rings. The third-order valence-corrected chi connectivity index (χ3v) is 6.37. The van der Waals surface area contributed by atoms with Crippen LogP contribution in [0.5, 0.6) is 0 Å². The van der Waals surface area contributed by atoms with Gasteiger partial charge in [0.15, 0.2) is 5.69 Å². The molecule has 0 aliphatic heterocycles. The van der Waals surface area contributed by atoms with Crippen LogP contribution in [0.3, 0.4) is 0 Å². The Morgan fingerprint density at radius 3 is 2.59 bits per heavy atom. The van der Waals surface area contributed by atoms with Crippen molar-refractivity contribution in [3.05, 3.63) is 77.1 Å². The van der Waals surface area contributed by atoms with E-state index in [-0.39, 0.29) is 23.6 Å². The van der Waals surface area contributed by atoms with E-state index in [1.54, 1.807) is 28.7 Å². The van der Waals surface area contributed by atoms with E-state index < -0.39 is 6.04 Å². The Morgan fingerprint density at radius 2 is 1.91 bits per heavy atom. The Hall–Kier alpha value is -3.13. The molecule has 2 aromatic heterocycles. The third kappa shape index (κ3) is 5.37. The van der Waals surface area contributed by atoms with Crippen LogP contribution in [0.15, 0.2) is 60.2 Å². The Morgan fingerprint density at radius 1 is 1.09 bits per heavy atom. The molecule has 0 spiro atoms. The number of aromatic nitrogens is 3. The summed E-state index contributed by atoms with van der Waals surface area (Å²) in [5, 5.41) is 8.70. The highest BCUT2D eigenvalue weighted by Gasteiger charge is 2.38. The van der Waals surface area contributed by atoms with E-state index in [9.17, 15) is 9.59 Å². The molecule has 0 radical (unpaired) electrons. The zero-order valence-corrected chi connectivity index (χ0v) is 18.7. The Bertz CT molecular complexity index is 992. The van der Waals surface area contributed by atoms with Gasteiger partial charge in [-0.2, -0.15) is 0 Å². The average Bonchev–Trinajstić information content (AvgIpc) is 3.39. The van der Waals surface area contributed by atoms with E-state index in [0.29, 0.717) is 12.1 Å². The van der Waals surface area contributed by atoms with Crippen LogP contribution < -0.4 is 5.32 Å². The zero-order valence-electron chi connectivity index (χ0n) is 17.9. The highest BCUT2D eigenvalue weighted by molar-refractivity contribution is 7.03. The standard InChI is InChI=1S/C24H27N5O2S/c30-23(26-15-13-18-8-3-1-4-9-18)22(19-10-7-14-25-16-19)29(20-11-5-2-6-12-20)24(31)21-17-32-28-27-21/h1,3-4,7-10,14,16-17,20,22H,2,5-6,11-13,15H2,(H,26,30)/t22-/m0/s1. The lowest BCUT2D eigenvalue weighted by atomic mass is 9.91. The van der Waals surface area contributed by atoms with Crippen LogP contribution in [-0.2, 0) is 11.2 Å². The van der Waals surface area contributed by atoms with E-state index in [2.05, 4.69) is 19.9 Å². The van der Waals surface area contributed by atoms with Crippen LogP contribution in [0.4, 0.5) is 0 Å². The number of benzene rings is 1. The fourth-order valence-corrected chi connectivity index (χ4v) is 4.72. The number of hydrogen-bond donors (Lipinski definition) is 1. The predicted molar refractivity (Wildman–Crippen MR) is 123 cm³/mol. The van der Waals surface area contributed by atoms with E-state index in [4.69, 9.17) is 0 Å². The number of amides is 2. The molecule has 2 heterocycles. The summed E-state index contributed by atoms with van der Waals surface area (Å²) in [6.07, 6.45) is 9.04. The van der Waals surface area contributed by atoms with Gasteiger partial charge in [0.05, 0.1) is 0 Å². The first-order chi connectivity index (χ1) is 15.7. The van der Waals surface area contributed by atoms with Crippen molar-refractivity contribution in [1.82, 2.24) is 24.8 Å². The molecule has 4 rings (SSSR count). The molecule has 1 N–H and O–H groups in total. The minimum Gasteiger partial charge on any atom is -0.354 e. The van der Waals surface area contributed by atoms with Gasteiger partial charge in [0.2, 0.25) is 5.91 Å². The minimum absolute atomic E-state index is 0.0250. The van der Waals surface area contributed by atoms with Gasteiger partial charge in [-0.1, -0.05) is 60.1 Å². The monoisotopic (exact) mass is 449 g/mol. The maximum Gasteiger partial charge on any atom is 0.276 e. The van der Waals surface area contributed by atoms with Crippen LogP contribution in [-0.4, -0.2) is 43.9 Å². The minimum atomic E-state index is -0.767. The van der Waals surface area contributed by atoms with Gasteiger partial charge >= 0.3 is 0 Å². The third-order valence-electron chi connectivity index (χ3n) is 5.86. The maximum atomic E-state index is 13.5. The van der Waals surface area contributed by atoms with Crippen molar-refractivity contribution < 1.29 is 9.59 Å². The lowest BCUT2D eigenvalue weighted by Crippen LogP contribution is -2.49. The van der Waals surface area contributed by atoms with Crippen LogP contribution in [0.2, 0.25) is 0 Å². The van der Waals surface area contributed by atoms with Crippen LogP contribution in [0, 0.1) is 0 Å². The molecule has 3 aromatic rings. The largest absolute Gasteiger partial charge is 0.354 e. The predicted octanol–water partition coefficient (Wildman–Crippen LogP) is 3.81. The number of carbonyl (C=O) groups is 2. The molecular formula is C24H27N5O2S. The molecule has 1 aromatic carbocycles. The summed E-state index contributed by atoms with van der Waals surface area (Å²) in [7, 11) is 0. The van der Waals surface area contributed by atoms with Gasteiger partial charge in [-0.05, 0) is 42.4 Å². The maximum absolute atomic E-state index is 13.5. The summed E-state index contributed by atoms with van der Waals surface area (Å²) in [6, 6.07) is 12.9. The lowest BCUT2D eigenvalue weighted by Gasteiger charge is -2.39.